The molecule has 2 N–H and O–H groups in total. The largest absolute Gasteiger partial charge is 0.489 e. The van der Waals surface area contributed by atoms with Gasteiger partial charge in [-0.1, -0.05) is 0 Å². The summed E-state index contributed by atoms with van der Waals surface area (Å²) in [7, 11) is 5.81. The van der Waals surface area contributed by atoms with E-state index < -0.39 is 0 Å². The Morgan fingerprint density at radius 1 is 1.19 bits per heavy atom. The Morgan fingerprint density at radius 3 is 2.69 bits per heavy atom. The monoisotopic (exact) mass is 434 g/mol. The highest BCUT2D eigenvalue weighted by Gasteiger charge is 2.29. The van der Waals surface area contributed by atoms with Gasteiger partial charge in [0.05, 0.1) is 25.2 Å². The molecule has 0 bridgehead atoms. The van der Waals surface area contributed by atoms with Crippen molar-refractivity contribution in [1.82, 2.24) is 30.0 Å². The van der Waals surface area contributed by atoms with Gasteiger partial charge in [0.1, 0.15) is 29.3 Å². The molecular weight excluding hydrogens is 408 g/mol. The van der Waals surface area contributed by atoms with Gasteiger partial charge in [0.2, 0.25) is 5.88 Å². The van der Waals surface area contributed by atoms with Crippen molar-refractivity contribution in [3.63, 3.8) is 0 Å². The highest BCUT2D eigenvalue weighted by molar-refractivity contribution is 5.75. The molecule has 166 valence electrons. The molecule has 0 unspecified atom stereocenters. The molecule has 1 saturated carbocycles. The van der Waals surface area contributed by atoms with Crippen molar-refractivity contribution in [3.05, 3.63) is 35.9 Å². The molecule has 0 radical (unpaired) electrons. The van der Waals surface area contributed by atoms with Crippen LogP contribution in [0.15, 0.2) is 24.5 Å². The van der Waals surface area contributed by atoms with Crippen LogP contribution in [0.4, 0.5) is 11.6 Å². The second-order valence-electron chi connectivity index (χ2n) is 8.01. The number of ether oxygens (including phenoxy) is 2. The van der Waals surface area contributed by atoms with E-state index in [0.29, 0.717) is 35.0 Å². The number of methoxy groups -OCH3 is 1. The smallest absolute Gasteiger partial charge is 0.226 e. The highest BCUT2D eigenvalue weighted by Crippen LogP contribution is 2.39. The Labute approximate surface area is 186 Å². The Morgan fingerprint density at radius 2 is 2.03 bits per heavy atom. The van der Waals surface area contributed by atoms with Crippen molar-refractivity contribution in [2.75, 3.05) is 26.5 Å². The molecule has 10 nitrogen and oxygen atoms in total. The predicted octanol–water partition coefficient (Wildman–Crippen LogP) is 3.06. The van der Waals surface area contributed by atoms with Crippen LogP contribution in [-0.4, -0.2) is 63.4 Å². The van der Waals surface area contributed by atoms with E-state index in [-0.39, 0.29) is 11.8 Å². The fourth-order valence-electron chi connectivity index (χ4n) is 3.87. The maximum absolute atomic E-state index is 8.86. The van der Waals surface area contributed by atoms with Crippen LogP contribution in [0, 0.1) is 18.3 Å². The maximum Gasteiger partial charge on any atom is 0.226 e. The lowest BCUT2D eigenvalue weighted by atomic mass is 10.1. The topological polar surface area (TPSA) is 125 Å². The summed E-state index contributed by atoms with van der Waals surface area (Å²) in [5.41, 5.74) is 2.49. The van der Waals surface area contributed by atoms with Crippen molar-refractivity contribution in [2.45, 2.75) is 38.3 Å². The molecule has 1 aliphatic carbocycles. The number of nitriles is 1. The maximum atomic E-state index is 8.86. The summed E-state index contributed by atoms with van der Waals surface area (Å²) in [4.78, 5) is 15.0. The van der Waals surface area contributed by atoms with E-state index >= 15 is 0 Å². The lowest BCUT2D eigenvalue weighted by Crippen LogP contribution is -2.26. The number of aromatic nitrogens is 5. The molecule has 3 aromatic heterocycles. The van der Waals surface area contributed by atoms with Gasteiger partial charge in [0.15, 0.2) is 11.5 Å². The van der Waals surface area contributed by atoms with Gasteiger partial charge in [0, 0.05) is 23.9 Å². The van der Waals surface area contributed by atoms with Crippen LogP contribution < -0.4 is 14.8 Å². The molecule has 1 aliphatic rings. The molecule has 0 aliphatic heterocycles. The van der Waals surface area contributed by atoms with Gasteiger partial charge in [0.25, 0.3) is 0 Å². The first kappa shape index (κ1) is 21.5. The molecule has 1 fully saturated rings. The quantitative estimate of drug-likeness (QED) is 0.577. The second kappa shape index (κ2) is 9.20. The molecule has 0 aromatic carbocycles. The number of aryl methyl sites for hydroxylation is 1. The summed E-state index contributed by atoms with van der Waals surface area (Å²) in [6.07, 6.45) is 6.09. The van der Waals surface area contributed by atoms with Crippen LogP contribution in [0.25, 0.3) is 11.3 Å². The minimum absolute atomic E-state index is 0.127. The van der Waals surface area contributed by atoms with E-state index in [1.54, 1.807) is 7.11 Å². The second-order valence-corrected chi connectivity index (χ2v) is 8.01. The number of H-pyrrole nitrogens is 1. The van der Waals surface area contributed by atoms with Gasteiger partial charge in [-0.25, -0.2) is 15.0 Å². The molecule has 32 heavy (non-hydrogen) atoms. The van der Waals surface area contributed by atoms with Gasteiger partial charge in [-0.05, 0) is 40.3 Å². The molecular formula is C22H26N8O2. The fraction of sp³-hybridized carbons (Fsp3) is 0.409. The molecule has 10 heteroatoms. The average Bonchev–Trinajstić information content (AvgIpc) is 3.44. The normalized spacial score (nSPS) is 17.9. The predicted molar refractivity (Wildman–Crippen MR) is 119 cm³/mol. The molecule has 0 spiro atoms. The Hall–Kier alpha value is -3.71. The van der Waals surface area contributed by atoms with Crippen molar-refractivity contribution in [3.8, 4) is 29.0 Å². The Kier molecular flexibility index (Phi) is 6.18. The van der Waals surface area contributed by atoms with Crippen LogP contribution in [0.5, 0.6) is 11.6 Å². The van der Waals surface area contributed by atoms with Gasteiger partial charge in [-0.3, -0.25) is 5.10 Å². The van der Waals surface area contributed by atoms with E-state index in [1.807, 2.05) is 25.1 Å². The zero-order valence-corrected chi connectivity index (χ0v) is 18.6. The molecule has 4 rings (SSSR count). The molecule has 3 aromatic rings. The van der Waals surface area contributed by atoms with E-state index in [9.17, 15) is 0 Å². The highest BCUT2D eigenvalue weighted by atomic mass is 16.5. The van der Waals surface area contributed by atoms with Gasteiger partial charge in [-0.15, -0.1) is 0 Å². The number of hydrogen-bond acceptors (Lipinski definition) is 9. The first-order valence-electron chi connectivity index (χ1n) is 10.4. The summed E-state index contributed by atoms with van der Waals surface area (Å²) < 4.78 is 12.0. The number of aromatic amines is 1. The molecule has 3 heterocycles. The number of rotatable bonds is 7. The Bertz CT molecular complexity index is 1120. The lowest BCUT2D eigenvalue weighted by Gasteiger charge is -2.21. The minimum atomic E-state index is 0.127. The molecule has 0 saturated heterocycles. The number of anilines is 2. The van der Waals surface area contributed by atoms with E-state index in [0.717, 1.165) is 30.5 Å². The summed E-state index contributed by atoms with van der Waals surface area (Å²) >= 11 is 0. The summed E-state index contributed by atoms with van der Waals surface area (Å²) in [5, 5.41) is 19.3. The van der Waals surface area contributed by atoms with Crippen molar-refractivity contribution in [2.24, 2.45) is 0 Å². The first-order valence-corrected chi connectivity index (χ1v) is 10.4. The van der Waals surface area contributed by atoms with Crippen LogP contribution >= 0.6 is 0 Å². The number of hydrogen-bond donors (Lipinski definition) is 2. The van der Waals surface area contributed by atoms with Crippen LogP contribution in [0.3, 0.4) is 0 Å². The third kappa shape index (κ3) is 4.63. The zero-order chi connectivity index (χ0) is 22.7. The van der Waals surface area contributed by atoms with Crippen molar-refractivity contribution < 1.29 is 9.47 Å². The summed E-state index contributed by atoms with van der Waals surface area (Å²) in [6, 6.07) is 6.23. The van der Waals surface area contributed by atoms with Gasteiger partial charge in [-0.2, -0.15) is 10.4 Å². The van der Waals surface area contributed by atoms with E-state index in [4.69, 9.17) is 14.7 Å². The average molecular weight is 435 g/mol. The standard InChI is InChI=1S/C22H26N8O2/c1-13-7-18(32-16-6-5-15(8-16)30(2)3)21(22(26-13)31-4)17-9-19(29-28-17)27-20-12-24-14(10-23)11-25-20/h7,9,11-12,15-16H,5-6,8H2,1-4H3,(H2,25,27,28,29)/t15-,16+/m0/s1. The van der Waals surface area contributed by atoms with Gasteiger partial charge >= 0.3 is 0 Å². The third-order valence-electron chi connectivity index (χ3n) is 5.52. The third-order valence-corrected chi connectivity index (χ3v) is 5.52. The summed E-state index contributed by atoms with van der Waals surface area (Å²) in [5.74, 6) is 2.21. The molecule has 2 atom stereocenters. The number of nitrogens with zero attached hydrogens (tertiary/aromatic N) is 6. The zero-order valence-electron chi connectivity index (χ0n) is 18.6. The number of nitrogens with one attached hydrogen (secondary N) is 2. The van der Waals surface area contributed by atoms with Crippen molar-refractivity contribution in [1.29, 1.82) is 5.26 Å². The van der Waals surface area contributed by atoms with Gasteiger partial charge < -0.3 is 19.7 Å². The van der Waals surface area contributed by atoms with E-state index in [1.165, 1.54) is 12.4 Å². The first-order chi connectivity index (χ1) is 15.5. The van der Waals surface area contributed by atoms with E-state index in [2.05, 4.69) is 49.5 Å². The lowest BCUT2D eigenvalue weighted by molar-refractivity contribution is 0.193. The van der Waals surface area contributed by atoms with Crippen molar-refractivity contribution >= 4 is 11.6 Å². The fourth-order valence-corrected chi connectivity index (χ4v) is 3.87. The number of pyridine rings is 1. The minimum Gasteiger partial charge on any atom is -0.489 e. The summed E-state index contributed by atoms with van der Waals surface area (Å²) in [6.45, 7) is 1.92. The SMILES string of the molecule is COc1nc(C)cc(O[C@@H]2CC[C@H](N(C)C)C2)c1-c1cc(Nc2cnc(C#N)cn2)n[nH]1. The van der Waals surface area contributed by atoms with Crippen LogP contribution in [-0.2, 0) is 0 Å². The van der Waals surface area contributed by atoms with Crippen LogP contribution in [0.1, 0.15) is 30.7 Å². The molecule has 0 amide bonds. The Balaban J connectivity index is 1.60. The van der Waals surface area contributed by atoms with Crippen LogP contribution in [0.2, 0.25) is 0 Å².